The van der Waals surface area contributed by atoms with Crippen LogP contribution >= 0.6 is 0 Å². The first kappa shape index (κ1) is 66.4. The van der Waals surface area contributed by atoms with Gasteiger partial charge in [0.2, 0.25) is 0 Å². The van der Waals surface area contributed by atoms with E-state index in [-0.39, 0.29) is 60.2 Å². The lowest BCUT2D eigenvalue weighted by atomic mass is 9.98. The van der Waals surface area contributed by atoms with Gasteiger partial charge in [-0.25, -0.2) is 9.59 Å². The standard InChI is InChI=1S/C34H40N6O2.C24H16N2O4.C6H17N2.3ClH/c1-39(2,3)17-15-35-33(41)25-11-13-29-27(19-25)21-31(37-29)23-7-9-24(10-8-23)32-22-28-20-26(12-14-30(28)38-32)34(42)36-16-18-40(4,5)6;27-23(28)15-5-7-19-17(9-15)11-21(25-19)13-1-2-14(4-3-13)22-12-18-10-16(24(29)30)6-8-20(18)26-22;1-8(2,3)6-4-5-7;;;/h7-14,19-20H,15-18,21-22H2,1-6H3;1-10H,11-12H2,(H,27,28)(H,29,30);4-7H2,1-3H3;3*1H/q;;+1;;;/p-1. The molecule has 19 heteroatoms. The number of carboxylic acids is 2. The second kappa shape index (κ2) is 28.2. The lowest BCUT2D eigenvalue weighted by Gasteiger charge is -2.23. The molecule has 0 aromatic heterocycles. The Balaban J connectivity index is 0.000000269. The molecule has 0 atom stereocenters. The summed E-state index contributed by atoms with van der Waals surface area (Å²) in [5.41, 5.74) is 22.5. The van der Waals surface area contributed by atoms with E-state index < -0.39 is 11.9 Å². The number of aliphatic imine (C=N–C) groups is 4. The molecule has 0 saturated carbocycles. The second-order valence-electron chi connectivity index (χ2n) is 23.8. The molecule has 4 aliphatic rings. The molecule has 6 N–H and O–H groups in total. The number of aromatic carboxylic acids is 2. The van der Waals surface area contributed by atoms with Crippen molar-refractivity contribution in [3.05, 3.63) is 188 Å². The topological polar surface area (TPSA) is 208 Å². The van der Waals surface area contributed by atoms with Crippen molar-refractivity contribution in [2.24, 2.45) is 25.7 Å². The van der Waals surface area contributed by atoms with Crippen LogP contribution in [-0.2, 0) is 25.7 Å². The van der Waals surface area contributed by atoms with E-state index >= 15 is 0 Å². The third kappa shape index (κ3) is 18.0. The molecule has 0 radical (unpaired) electrons. The minimum atomic E-state index is -0.940. The number of fused-ring (bicyclic) bond motifs is 4. The van der Waals surface area contributed by atoms with Crippen LogP contribution in [0.3, 0.4) is 0 Å². The van der Waals surface area contributed by atoms with Gasteiger partial charge in [0.15, 0.2) is 0 Å². The van der Waals surface area contributed by atoms with Gasteiger partial charge in [-0.3, -0.25) is 29.6 Å². The summed E-state index contributed by atoms with van der Waals surface area (Å²) in [4.78, 5) is 66.7. The minimum absolute atomic E-state index is 0. The fourth-order valence-electron chi connectivity index (χ4n) is 9.51. The number of carbonyl (C=O) groups is 4. The van der Waals surface area contributed by atoms with Crippen LogP contribution in [0.1, 0.15) is 92.4 Å². The predicted octanol–water partition coefficient (Wildman–Crippen LogP) is -0.597. The zero-order chi connectivity index (χ0) is 57.5. The Kier molecular flexibility index (Phi) is 22.6. The number of nitrogens with one attached hydrogen (secondary N) is 2. The number of amides is 2. The van der Waals surface area contributed by atoms with Crippen LogP contribution in [0.25, 0.3) is 0 Å². The smallest absolute Gasteiger partial charge is 0.335 e. The maximum atomic E-state index is 12.7. The summed E-state index contributed by atoms with van der Waals surface area (Å²) in [5, 5.41) is 24.4. The van der Waals surface area contributed by atoms with E-state index in [1.807, 2.05) is 60.7 Å². The molecule has 0 fully saturated rings. The fraction of sp³-hybridized carbons (Fsp3) is 0.312. The van der Waals surface area contributed by atoms with E-state index in [0.717, 1.165) is 130 Å². The monoisotopic (exact) mass is 1180 g/mol. The largest absolute Gasteiger partial charge is 1.00 e. The summed E-state index contributed by atoms with van der Waals surface area (Å²) in [7, 11) is 19.2. The predicted molar refractivity (Wildman–Crippen MR) is 319 cm³/mol. The average molecular weight is 1190 g/mol. The van der Waals surface area contributed by atoms with E-state index in [0.29, 0.717) is 49.9 Å². The van der Waals surface area contributed by atoms with Gasteiger partial charge in [0.05, 0.1) is 153 Å². The van der Waals surface area contributed by atoms with Crippen LogP contribution in [-0.4, -0.2) is 173 Å². The van der Waals surface area contributed by atoms with E-state index in [2.05, 4.69) is 108 Å². The molecule has 4 aliphatic heterocycles. The summed E-state index contributed by atoms with van der Waals surface area (Å²) in [6.45, 7) is 5.00. The highest BCUT2D eigenvalue weighted by Crippen LogP contribution is 2.34. The highest BCUT2D eigenvalue weighted by Gasteiger charge is 2.24. The second-order valence-corrected chi connectivity index (χ2v) is 23.8. The number of likely N-dealkylation sites (N-methyl/N-ethyl adjacent to an activating group) is 2. The molecule has 10 rings (SSSR count). The Morgan fingerprint density at radius 3 is 0.892 bits per heavy atom. The van der Waals surface area contributed by atoms with Crippen molar-refractivity contribution in [3.63, 3.8) is 0 Å². The Hall–Kier alpha value is -7.41. The average Bonchev–Trinajstić information content (AvgIpc) is 4.46. The lowest BCUT2D eigenvalue weighted by molar-refractivity contribution is -0.870. The summed E-state index contributed by atoms with van der Waals surface area (Å²) in [6.07, 6.45) is 3.71. The van der Waals surface area contributed by atoms with E-state index in [9.17, 15) is 19.2 Å². The maximum Gasteiger partial charge on any atom is 0.335 e. The molecular weight excluding hydrogens is 1110 g/mol. The van der Waals surface area contributed by atoms with Crippen molar-refractivity contribution in [1.82, 2.24) is 10.6 Å². The number of quaternary nitrogens is 3. The number of nitrogens with two attached hydrogens (primary N) is 1. The Morgan fingerprint density at radius 2 is 0.663 bits per heavy atom. The maximum absolute atomic E-state index is 12.7. The molecule has 6 aromatic rings. The number of benzene rings is 6. The van der Waals surface area contributed by atoms with Crippen molar-refractivity contribution in [3.8, 4) is 0 Å². The van der Waals surface area contributed by atoms with Crippen LogP contribution in [0.15, 0.2) is 141 Å². The molecule has 438 valence electrons. The van der Waals surface area contributed by atoms with Gasteiger partial charge >= 0.3 is 11.9 Å². The summed E-state index contributed by atoms with van der Waals surface area (Å²) in [6, 6.07) is 37.8. The highest BCUT2D eigenvalue weighted by molar-refractivity contribution is 6.11. The van der Waals surface area contributed by atoms with Crippen molar-refractivity contribution < 1.29 is 80.1 Å². The first-order valence-electron chi connectivity index (χ1n) is 27.1. The molecular formula is C64H75Cl3N10O6. The number of rotatable bonds is 17. The fourth-order valence-corrected chi connectivity index (χ4v) is 9.51. The van der Waals surface area contributed by atoms with Crippen molar-refractivity contribution in [1.29, 1.82) is 0 Å². The quantitative estimate of drug-likeness (QED) is 0.0750. The molecule has 0 spiro atoms. The first-order valence-corrected chi connectivity index (χ1v) is 27.1. The van der Waals surface area contributed by atoms with Gasteiger partial charge in [-0.2, -0.15) is 0 Å². The van der Waals surface area contributed by atoms with Gasteiger partial charge in [-0.1, -0.05) is 48.5 Å². The van der Waals surface area contributed by atoms with E-state index in [4.69, 9.17) is 25.9 Å². The SMILES string of the molecule is C[N+](C)(C)CCCN.C[N+](C)(C)CCNC(=O)c1ccc2c(c1)CC(c1ccc(C3=Nc4ccc(C(=O)NCC[N+](C)(C)C)cc4C3)cc1)=N2.O=C(O)c1ccc2c(c1)CC(c1ccc(C3=Nc4ccc(C(=O)O)cc4C3)cc1)=N2.[Cl-].[Cl-].[Cl-]. The summed E-state index contributed by atoms with van der Waals surface area (Å²) >= 11 is 0. The molecule has 0 aliphatic carbocycles. The lowest BCUT2D eigenvalue weighted by Crippen LogP contribution is -3.00. The third-order valence-electron chi connectivity index (χ3n) is 14.1. The Morgan fingerprint density at radius 1 is 0.410 bits per heavy atom. The van der Waals surface area contributed by atoms with E-state index in [1.54, 1.807) is 36.4 Å². The van der Waals surface area contributed by atoms with Crippen molar-refractivity contribution >= 4 is 69.3 Å². The Bertz CT molecular complexity index is 3270. The number of carboxylic acid groups (broad SMARTS) is 2. The molecule has 6 aromatic carbocycles. The number of hydrogen-bond acceptors (Lipinski definition) is 9. The zero-order valence-corrected chi connectivity index (χ0v) is 51.0. The van der Waals surface area contributed by atoms with Gasteiger partial charge in [0, 0.05) is 43.2 Å². The normalized spacial score (nSPS) is 13.4. The summed E-state index contributed by atoms with van der Waals surface area (Å²) < 4.78 is 2.63. The van der Waals surface area contributed by atoms with Crippen molar-refractivity contribution in [2.45, 2.75) is 32.1 Å². The van der Waals surface area contributed by atoms with Gasteiger partial charge < -0.3 is 77.3 Å². The highest BCUT2D eigenvalue weighted by atomic mass is 35.5. The Labute approximate surface area is 506 Å². The van der Waals surface area contributed by atoms with Gasteiger partial charge in [0.1, 0.15) is 0 Å². The van der Waals surface area contributed by atoms with Gasteiger partial charge in [-0.05, 0) is 124 Å². The molecule has 0 bridgehead atoms. The number of nitrogens with zero attached hydrogens (tertiary/aromatic N) is 7. The van der Waals surface area contributed by atoms with Crippen LogP contribution < -0.4 is 53.6 Å². The van der Waals surface area contributed by atoms with Crippen LogP contribution in [0.4, 0.5) is 22.7 Å². The number of halogens is 3. The molecule has 0 unspecified atom stereocenters. The van der Waals surface area contributed by atoms with Crippen LogP contribution in [0, 0.1) is 0 Å². The number of hydrogen-bond donors (Lipinski definition) is 5. The molecule has 83 heavy (non-hydrogen) atoms. The molecule has 2 amide bonds. The summed E-state index contributed by atoms with van der Waals surface area (Å²) in [5.74, 6) is -1.97. The van der Waals surface area contributed by atoms with Gasteiger partial charge in [0.25, 0.3) is 11.8 Å². The first-order chi connectivity index (χ1) is 37.9. The third-order valence-corrected chi connectivity index (χ3v) is 14.1. The van der Waals surface area contributed by atoms with Gasteiger partial charge in [-0.15, -0.1) is 0 Å². The van der Waals surface area contributed by atoms with Crippen LogP contribution in [0.2, 0.25) is 0 Å². The van der Waals surface area contributed by atoms with Crippen molar-refractivity contribution in [2.75, 3.05) is 103 Å². The molecule has 4 heterocycles. The molecule has 16 nitrogen and oxygen atoms in total. The zero-order valence-electron chi connectivity index (χ0n) is 48.7. The molecule has 0 saturated heterocycles. The number of carbonyl (C=O) groups excluding carboxylic acids is 2. The minimum Gasteiger partial charge on any atom is -1.00 e. The van der Waals surface area contributed by atoms with Crippen LogP contribution in [0.5, 0.6) is 0 Å². The van der Waals surface area contributed by atoms with E-state index in [1.165, 1.54) is 6.54 Å².